The molecule has 0 aromatic heterocycles. The van der Waals surface area contributed by atoms with Gasteiger partial charge in [0.2, 0.25) is 0 Å². The molecule has 0 bridgehead atoms. The Morgan fingerprint density at radius 3 is 2.24 bits per heavy atom. The largest absolute Gasteiger partial charge is 0.396 e. The summed E-state index contributed by atoms with van der Waals surface area (Å²) in [5.41, 5.74) is 0. The van der Waals surface area contributed by atoms with E-state index < -0.39 is 31.2 Å². The van der Waals surface area contributed by atoms with Gasteiger partial charge in [-0.05, 0) is 26.2 Å². The summed E-state index contributed by atoms with van der Waals surface area (Å²) >= 11 is 0. The Morgan fingerprint density at radius 1 is 1.18 bits per heavy atom. The molecule has 0 saturated carbocycles. The Labute approximate surface area is 102 Å². The van der Waals surface area contributed by atoms with Crippen molar-refractivity contribution in [3.05, 3.63) is 0 Å². The minimum absolute atomic E-state index is 0.0385. The van der Waals surface area contributed by atoms with Crippen molar-refractivity contribution >= 4 is 20.2 Å². The molecule has 0 fully saturated rings. The number of rotatable bonds is 9. The number of unbranched alkanes of at least 4 members (excludes halogenated alkanes) is 1. The maximum atomic E-state index is 11.3. The van der Waals surface area contributed by atoms with Crippen LogP contribution >= 0.6 is 0 Å². The third kappa shape index (κ3) is 8.50. The van der Waals surface area contributed by atoms with E-state index in [1.54, 1.807) is 0 Å². The second kappa shape index (κ2) is 7.27. The quantitative estimate of drug-likeness (QED) is 0.342. The van der Waals surface area contributed by atoms with Crippen molar-refractivity contribution in [3.63, 3.8) is 0 Å². The molecule has 0 aliphatic heterocycles. The van der Waals surface area contributed by atoms with Crippen molar-refractivity contribution < 1.29 is 30.7 Å². The zero-order valence-corrected chi connectivity index (χ0v) is 11.2. The number of aliphatic hydroxyl groups excluding tert-OH is 1. The van der Waals surface area contributed by atoms with Crippen LogP contribution < -0.4 is 0 Å². The maximum Gasteiger partial charge on any atom is 0.267 e. The van der Waals surface area contributed by atoms with Crippen LogP contribution in [-0.2, 0) is 24.4 Å². The molecule has 0 aromatic rings. The van der Waals surface area contributed by atoms with Crippen LogP contribution in [-0.4, -0.2) is 50.7 Å². The van der Waals surface area contributed by atoms with Crippen LogP contribution in [0.5, 0.6) is 0 Å². The molecule has 0 heterocycles. The Bertz CT molecular complexity index is 398. The molecule has 2 N–H and O–H groups in total. The third-order valence-electron chi connectivity index (χ3n) is 2.10. The highest BCUT2D eigenvalue weighted by atomic mass is 32.2. The summed E-state index contributed by atoms with van der Waals surface area (Å²) < 4.78 is 57.0. The van der Waals surface area contributed by atoms with Gasteiger partial charge in [-0.15, -0.1) is 0 Å². The van der Waals surface area contributed by atoms with E-state index in [-0.39, 0.29) is 19.6 Å². The molecule has 0 rings (SSSR count). The normalized spacial score (nSPS) is 14.8. The van der Waals surface area contributed by atoms with Crippen LogP contribution in [0, 0.1) is 0 Å². The van der Waals surface area contributed by atoms with Gasteiger partial charge in [0.1, 0.15) is 0 Å². The molecule has 0 radical (unpaired) electrons. The summed E-state index contributed by atoms with van der Waals surface area (Å²) in [5.74, 6) is -0.465. The Kier molecular flexibility index (Phi) is 7.17. The smallest absolute Gasteiger partial charge is 0.267 e. The molecule has 7 nitrogen and oxygen atoms in total. The Hall–Kier alpha value is -0.220. The topological polar surface area (TPSA) is 118 Å². The third-order valence-corrected chi connectivity index (χ3v) is 4.61. The molecule has 0 aromatic carbocycles. The Balaban J connectivity index is 4.02. The molecule has 1 unspecified atom stereocenters. The minimum atomic E-state index is -4.21. The molecule has 0 spiro atoms. The summed E-state index contributed by atoms with van der Waals surface area (Å²) in [6, 6.07) is 0. The van der Waals surface area contributed by atoms with E-state index in [1.807, 2.05) is 0 Å². The highest BCUT2D eigenvalue weighted by molar-refractivity contribution is 7.87. The van der Waals surface area contributed by atoms with Crippen LogP contribution in [0.4, 0.5) is 0 Å². The molecule has 0 saturated heterocycles. The van der Waals surface area contributed by atoms with E-state index in [9.17, 15) is 16.8 Å². The maximum absolute atomic E-state index is 11.3. The molecule has 0 aliphatic carbocycles. The summed E-state index contributed by atoms with van der Waals surface area (Å²) in [6.07, 6.45) is 0.627. The van der Waals surface area contributed by atoms with E-state index >= 15 is 0 Å². The van der Waals surface area contributed by atoms with Crippen LogP contribution in [0.2, 0.25) is 0 Å². The minimum Gasteiger partial charge on any atom is -0.396 e. The first-order valence-electron chi connectivity index (χ1n) is 5.13. The lowest BCUT2D eigenvalue weighted by Gasteiger charge is -2.08. The van der Waals surface area contributed by atoms with E-state index in [0.717, 1.165) is 0 Å². The number of hydrogen-bond acceptors (Lipinski definition) is 6. The molecular formula is C8H18O7S2. The first kappa shape index (κ1) is 16.8. The summed E-state index contributed by atoms with van der Waals surface area (Å²) in [4.78, 5) is 0. The zero-order valence-electron chi connectivity index (χ0n) is 9.57. The van der Waals surface area contributed by atoms with Crippen LogP contribution in [0.25, 0.3) is 0 Å². The number of hydrogen-bond donors (Lipinski definition) is 2. The molecule has 104 valence electrons. The highest BCUT2D eigenvalue weighted by Crippen LogP contribution is 2.07. The summed E-state index contributed by atoms with van der Waals surface area (Å²) in [7, 11) is -7.98. The average Bonchev–Trinajstić information content (AvgIpc) is 2.20. The van der Waals surface area contributed by atoms with Gasteiger partial charge in [-0.1, -0.05) is 0 Å². The van der Waals surface area contributed by atoms with Gasteiger partial charge in [0.25, 0.3) is 20.2 Å². The van der Waals surface area contributed by atoms with Gasteiger partial charge in [0, 0.05) is 6.61 Å². The van der Waals surface area contributed by atoms with Gasteiger partial charge >= 0.3 is 0 Å². The molecule has 1 atom stereocenters. The molecule has 9 heteroatoms. The van der Waals surface area contributed by atoms with Gasteiger partial charge < -0.3 is 5.11 Å². The average molecular weight is 290 g/mol. The first-order valence-corrected chi connectivity index (χ1v) is 8.21. The zero-order chi connectivity index (χ0) is 13.5. The SMILES string of the molecule is CC(CCS(=O)(=O)OCCCCO)S(=O)(=O)O. The standard InChI is InChI=1S/C8H18O7S2/c1-8(17(12,13)14)4-7-16(10,11)15-6-3-2-5-9/h8-9H,2-7H2,1H3,(H,12,13,14). The monoisotopic (exact) mass is 290 g/mol. The summed E-state index contributed by atoms with van der Waals surface area (Å²) in [6.45, 7) is 1.14. The molecule has 17 heavy (non-hydrogen) atoms. The van der Waals surface area contributed by atoms with Gasteiger partial charge in [-0.2, -0.15) is 16.8 Å². The Morgan fingerprint density at radius 2 is 1.76 bits per heavy atom. The second-order valence-corrected chi connectivity index (χ2v) is 7.22. The van der Waals surface area contributed by atoms with E-state index in [0.29, 0.717) is 12.8 Å². The predicted octanol–water partition coefficient (Wildman–Crippen LogP) is -0.228. The van der Waals surface area contributed by atoms with Gasteiger partial charge in [-0.25, -0.2) is 0 Å². The second-order valence-electron chi connectivity index (χ2n) is 3.63. The highest BCUT2D eigenvalue weighted by Gasteiger charge is 2.21. The fourth-order valence-electron chi connectivity index (χ4n) is 0.918. The van der Waals surface area contributed by atoms with Gasteiger partial charge in [0.15, 0.2) is 0 Å². The fourth-order valence-corrected chi connectivity index (χ4v) is 2.61. The van der Waals surface area contributed by atoms with Gasteiger partial charge in [0.05, 0.1) is 17.6 Å². The lowest BCUT2D eigenvalue weighted by molar-refractivity contribution is 0.255. The molecule has 0 aliphatic rings. The predicted molar refractivity (Wildman–Crippen MR) is 61.7 cm³/mol. The van der Waals surface area contributed by atoms with Crippen LogP contribution in [0.15, 0.2) is 0 Å². The van der Waals surface area contributed by atoms with Gasteiger partial charge in [-0.3, -0.25) is 8.74 Å². The lowest BCUT2D eigenvalue weighted by Crippen LogP contribution is -2.22. The van der Waals surface area contributed by atoms with E-state index in [1.165, 1.54) is 6.92 Å². The van der Waals surface area contributed by atoms with Crippen molar-refractivity contribution in [2.24, 2.45) is 0 Å². The van der Waals surface area contributed by atoms with Crippen LogP contribution in [0.3, 0.4) is 0 Å². The lowest BCUT2D eigenvalue weighted by atomic mass is 10.3. The van der Waals surface area contributed by atoms with Crippen LogP contribution in [0.1, 0.15) is 26.2 Å². The van der Waals surface area contributed by atoms with E-state index in [4.69, 9.17) is 9.66 Å². The van der Waals surface area contributed by atoms with Crippen molar-refractivity contribution in [1.29, 1.82) is 0 Å². The molecule has 0 amide bonds. The van der Waals surface area contributed by atoms with Crippen molar-refractivity contribution in [1.82, 2.24) is 0 Å². The fraction of sp³-hybridized carbons (Fsp3) is 1.00. The molecular weight excluding hydrogens is 272 g/mol. The first-order chi connectivity index (χ1) is 7.69. The number of aliphatic hydroxyl groups is 1. The van der Waals surface area contributed by atoms with Crippen molar-refractivity contribution in [2.45, 2.75) is 31.4 Å². The van der Waals surface area contributed by atoms with Crippen molar-refractivity contribution in [3.8, 4) is 0 Å². The van der Waals surface area contributed by atoms with Crippen molar-refractivity contribution in [2.75, 3.05) is 19.0 Å². The van der Waals surface area contributed by atoms with E-state index in [2.05, 4.69) is 4.18 Å². The summed E-state index contributed by atoms with van der Waals surface area (Å²) in [5, 5.41) is 7.32.